The first-order valence-electron chi connectivity index (χ1n) is 5.81. The molecule has 0 bridgehead atoms. The number of carbonyl (C=O) groups is 1. The van der Waals surface area contributed by atoms with Crippen LogP contribution >= 0.6 is 15.9 Å². The first-order chi connectivity index (χ1) is 8.38. The normalized spacial score (nSPS) is 12.6. The summed E-state index contributed by atoms with van der Waals surface area (Å²) < 4.78 is 13.6. The van der Waals surface area contributed by atoms with Crippen molar-refractivity contribution in [1.82, 2.24) is 5.32 Å². The largest absolute Gasteiger partial charge is 0.391 e. The zero-order valence-corrected chi connectivity index (χ0v) is 12.0. The molecule has 0 aliphatic heterocycles. The maximum absolute atomic E-state index is 13.1. The van der Waals surface area contributed by atoms with Crippen molar-refractivity contribution in [3.63, 3.8) is 0 Å². The number of aliphatic hydroxyl groups excluding tert-OH is 1. The minimum absolute atomic E-state index is 0.172. The van der Waals surface area contributed by atoms with Gasteiger partial charge in [0.2, 0.25) is 0 Å². The molecule has 0 radical (unpaired) electrons. The first-order valence-corrected chi connectivity index (χ1v) is 6.60. The van der Waals surface area contributed by atoms with Gasteiger partial charge in [-0.15, -0.1) is 0 Å². The Balaban J connectivity index is 2.55. The van der Waals surface area contributed by atoms with Gasteiger partial charge < -0.3 is 10.4 Å². The molecule has 3 nitrogen and oxygen atoms in total. The van der Waals surface area contributed by atoms with E-state index >= 15 is 0 Å². The van der Waals surface area contributed by atoms with E-state index in [-0.39, 0.29) is 12.1 Å². The number of benzene rings is 1. The predicted molar refractivity (Wildman–Crippen MR) is 71.9 cm³/mol. The molecule has 0 aromatic heterocycles. The van der Waals surface area contributed by atoms with E-state index in [4.69, 9.17) is 0 Å². The highest BCUT2D eigenvalue weighted by molar-refractivity contribution is 9.10. The second kappa shape index (κ2) is 6.85. The van der Waals surface area contributed by atoms with Crippen molar-refractivity contribution in [2.45, 2.75) is 26.4 Å². The summed E-state index contributed by atoms with van der Waals surface area (Å²) in [5.74, 6) is -0.504. The molecule has 1 aromatic carbocycles. The van der Waals surface area contributed by atoms with Gasteiger partial charge in [-0.05, 0) is 30.5 Å². The number of carbonyl (C=O) groups excluding carboxylic acids is 1. The minimum atomic E-state index is -0.578. The fourth-order valence-corrected chi connectivity index (χ4v) is 2.09. The lowest BCUT2D eigenvalue weighted by Crippen LogP contribution is -2.32. The van der Waals surface area contributed by atoms with E-state index in [1.165, 1.54) is 12.1 Å². The summed E-state index contributed by atoms with van der Waals surface area (Å²) in [5.41, 5.74) is 0.235. The summed E-state index contributed by atoms with van der Waals surface area (Å²) in [6, 6.07) is 3.98. The summed E-state index contributed by atoms with van der Waals surface area (Å²) in [6.07, 6.45) is 0.0404. The van der Waals surface area contributed by atoms with Gasteiger partial charge >= 0.3 is 0 Å². The number of nitrogens with one attached hydrogen (secondary N) is 1. The highest BCUT2D eigenvalue weighted by Crippen LogP contribution is 2.14. The quantitative estimate of drug-likeness (QED) is 0.877. The van der Waals surface area contributed by atoms with Gasteiger partial charge in [0.25, 0.3) is 5.91 Å². The lowest BCUT2D eigenvalue weighted by Gasteiger charge is -2.14. The highest BCUT2D eigenvalue weighted by Gasteiger charge is 2.11. The van der Waals surface area contributed by atoms with Crippen LogP contribution in [0.15, 0.2) is 22.7 Å². The summed E-state index contributed by atoms with van der Waals surface area (Å²) in [6.45, 7) is 4.16. The van der Waals surface area contributed by atoms with Crippen molar-refractivity contribution >= 4 is 21.8 Å². The molecule has 0 saturated heterocycles. The van der Waals surface area contributed by atoms with E-state index in [9.17, 15) is 14.3 Å². The monoisotopic (exact) mass is 317 g/mol. The molecule has 0 heterocycles. The van der Waals surface area contributed by atoms with E-state index < -0.39 is 17.8 Å². The third-order valence-electron chi connectivity index (χ3n) is 2.37. The molecule has 5 heteroatoms. The highest BCUT2D eigenvalue weighted by atomic mass is 79.9. The molecule has 0 spiro atoms. The van der Waals surface area contributed by atoms with Crippen molar-refractivity contribution in [3.8, 4) is 0 Å². The van der Waals surface area contributed by atoms with Crippen LogP contribution in [0.4, 0.5) is 4.39 Å². The summed E-state index contributed by atoms with van der Waals surface area (Å²) in [5, 5.41) is 12.2. The number of rotatable bonds is 5. The molecule has 0 aliphatic carbocycles. The molecule has 1 unspecified atom stereocenters. The van der Waals surface area contributed by atoms with Crippen LogP contribution in [0.25, 0.3) is 0 Å². The van der Waals surface area contributed by atoms with E-state index in [1.54, 1.807) is 0 Å². The van der Waals surface area contributed by atoms with E-state index in [2.05, 4.69) is 21.2 Å². The third-order valence-corrected chi connectivity index (χ3v) is 2.82. The van der Waals surface area contributed by atoms with E-state index in [1.807, 2.05) is 13.8 Å². The van der Waals surface area contributed by atoms with Gasteiger partial charge in [0.15, 0.2) is 0 Å². The average molecular weight is 318 g/mol. The standard InChI is InChI=1S/C13H17BrFNO2/c1-8(2)3-12(17)7-16-13(18)9-4-10(14)6-11(15)5-9/h4-6,8,12,17H,3,7H2,1-2H3,(H,16,18). The molecule has 2 N–H and O–H groups in total. The number of hydrogen-bond acceptors (Lipinski definition) is 2. The maximum Gasteiger partial charge on any atom is 0.251 e. The molecule has 1 aromatic rings. The smallest absolute Gasteiger partial charge is 0.251 e. The minimum Gasteiger partial charge on any atom is -0.391 e. The molecule has 0 aliphatic rings. The molecule has 1 atom stereocenters. The Labute approximate surface area is 115 Å². The Hall–Kier alpha value is -0.940. The van der Waals surface area contributed by atoms with Gasteiger partial charge in [-0.25, -0.2) is 4.39 Å². The lowest BCUT2D eigenvalue weighted by molar-refractivity contribution is 0.0900. The molecule has 0 saturated carbocycles. The Kier molecular flexibility index (Phi) is 5.75. The summed E-state index contributed by atoms with van der Waals surface area (Å²) in [4.78, 5) is 11.7. The number of hydrogen-bond donors (Lipinski definition) is 2. The predicted octanol–water partition coefficient (Wildman–Crippen LogP) is 2.73. The lowest BCUT2D eigenvalue weighted by atomic mass is 10.1. The molecule has 100 valence electrons. The SMILES string of the molecule is CC(C)CC(O)CNC(=O)c1cc(F)cc(Br)c1. The van der Waals surface area contributed by atoms with E-state index in [0.29, 0.717) is 16.8 Å². The van der Waals surface area contributed by atoms with Gasteiger partial charge in [0.1, 0.15) is 5.82 Å². The maximum atomic E-state index is 13.1. The Bertz CT molecular complexity index is 403. The van der Waals surface area contributed by atoms with Crippen molar-refractivity contribution in [2.75, 3.05) is 6.54 Å². The Morgan fingerprint density at radius 3 is 2.67 bits per heavy atom. The topological polar surface area (TPSA) is 49.3 Å². The van der Waals surface area contributed by atoms with E-state index in [0.717, 1.165) is 6.07 Å². The summed E-state index contributed by atoms with van der Waals surface area (Å²) >= 11 is 3.12. The number of amides is 1. The molecule has 1 rings (SSSR count). The van der Waals surface area contributed by atoms with Gasteiger partial charge in [-0.1, -0.05) is 29.8 Å². The van der Waals surface area contributed by atoms with Crippen molar-refractivity contribution in [3.05, 3.63) is 34.1 Å². The second-order valence-electron chi connectivity index (χ2n) is 4.65. The number of halogens is 2. The zero-order chi connectivity index (χ0) is 13.7. The molecule has 0 fully saturated rings. The third kappa shape index (κ3) is 5.14. The Morgan fingerprint density at radius 1 is 1.44 bits per heavy atom. The molecule has 18 heavy (non-hydrogen) atoms. The van der Waals surface area contributed by atoms with Crippen LogP contribution in [0.1, 0.15) is 30.6 Å². The first kappa shape index (κ1) is 15.1. The van der Waals surface area contributed by atoms with Gasteiger partial charge in [0, 0.05) is 16.6 Å². The number of aliphatic hydroxyl groups is 1. The summed E-state index contributed by atoms with van der Waals surface area (Å²) in [7, 11) is 0. The average Bonchev–Trinajstić information content (AvgIpc) is 2.23. The Morgan fingerprint density at radius 2 is 2.11 bits per heavy atom. The van der Waals surface area contributed by atoms with Crippen molar-refractivity contribution < 1.29 is 14.3 Å². The van der Waals surface area contributed by atoms with Crippen LogP contribution in [-0.4, -0.2) is 23.7 Å². The van der Waals surface area contributed by atoms with Crippen molar-refractivity contribution in [2.24, 2.45) is 5.92 Å². The van der Waals surface area contributed by atoms with Crippen LogP contribution in [0.3, 0.4) is 0 Å². The fraction of sp³-hybridized carbons (Fsp3) is 0.462. The fourth-order valence-electron chi connectivity index (χ4n) is 1.62. The van der Waals surface area contributed by atoms with Gasteiger partial charge in [-0.3, -0.25) is 4.79 Å². The van der Waals surface area contributed by atoms with Gasteiger partial charge in [-0.2, -0.15) is 0 Å². The molecular weight excluding hydrogens is 301 g/mol. The molecule has 1 amide bonds. The van der Waals surface area contributed by atoms with Gasteiger partial charge in [0.05, 0.1) is 6.10 Å². The van der Waals surface area contributed by atoms with Crippen molar-refractivity contribution in [1.29, 1.82) is 0 Å². The molecular formula is C13H17BrFNO2. The van der Waals surface area contributed by atoms with Crippen LogP contribution < -0.4 is 5.32 Å². The van der Waals surface area contributed by atoms with Crippen LogP contribution in [-0.2, 0) is 0 Å². The van der Waals surface area contributed by atoms with Crippen LogP contribution in [0.5, 0.6) is 0 Å². The van der Waals surface area contributed by atoms with Crippen LogP contribution in [0, 0.1) is 11.7 Å². The zero-order valence-electron chi connectivity index (χ0n) is 10.4. The second-order valence-corrected chi connectivity index (χ2v) is 5.57. The van der Waals surface area contributed by atoms with Crippen LogP contribution in [0.2, 0.25) is 0 Å².